The molecule has 0 heterocycles. The Balaban J connectivity index is 5.46. The summed E-state index contributed by atoms with van der Waals surface area (Å²) in [5, 5.41) is 0. The highest BCUT2D eigenvalue weighted by Crippen LogP contribution is 2.41. The lowest BCUT2D eigenvalue weighted by atomic mass is 10.2. The van der Waals surface area contributed by atoms with E-state index in [4.69, 9.17) is 0 Å². The van der Waals surface area contributed by atoms with E-state index in [2.05, 4.69) is 53.0 Å². The van der Waals surface area contributed by atoms with Gasteiger partial charge in [-0.25, -0.2) is 0 Å². The van der Waals surface area contributed by atoms with Crippen molar-refractivity contribution in [3.05, 3.63) is 0 Å². The van der Waals surface area contributed by atoms with Crippen molar-refractivity contribution in [2.45, 2.75) is 71.3 Å². The predicted octanol–water partition coefficient (Wildman–Crippen LogP) is 5.41. The molecule has 0 radical (unpaired) electrons. The quantitative estimate of drug-likeness (QED) is 0.478. The van der Waals surface area contributed by atoms with Gasteiger partial charge in [-0.3, -0.25) is 0 Å². The van der Waals surface area contributed by atoms with Gasteiger partial charge in [-0.15, -0.1) is 5.54 Å². The minimum atomic E-state index is -4.21. The summed E-state index contributed by atoms with van der Waals surface area (Å²) in [6, 6.07) is 0. The Morgan fingerprint density at radius 3 is 1.33 bits per heavy atom. The average Bonchev–Trinajstić information content (AvgIpc) is 2.14. The van der Waals surface area contributed by atoms with Crippen LogP contribution >= 0.6 is 0 Å². The van der Waals surface area contributed by atoms with Gasteiger partial charge in [0.1, 0.15) is 14.0 Å². The lowest BCUT2D eigenvalue weighted by Gasteiger charge is -2.38. The van der Waals surface area contributed by atoms with E-state index in [0.717, 1.165) is 6.92 Å². The van der Waals surface area contributed by atoms with Crippen LogP contribution in [0.25, 0.3) is 0 Å². The molecule has 0 rings (SSSR count). The van der Waals surface area contributed by atoms with E-state index in [9.17, 15) is 13.2 Å². The highest BCUT2D eigenvalue weighted by Gasteiger charge is 2.42. The molecule has 106 valence electrons. The van der Waals surface area contributed by atoms with Gasteiger partial charge < -0.3 is 0 Å². The summed E-state index contributed by atoms with van der Waals surface area (Å²) in [7, 11) is -2.03. The molecule has 0 unspecified atom stereocenters. The molecule has 18 heavy (non-hydrogen) atoms. The predicted molar refractivity (Wildman–Crippen MR) is 74.0 cm³/mol. The third-order valence-corrected chi connectivity index (χ3v) is 10.2. The van der Waals surface area contributed by atoms with E-state index in [1.165, 1.54) is 0 Å². The van der Waals surface area contributed by atoms with Gasteiger partial charge in [0.2, 0.25) is 0 Å². The maximum absolute atomic E-state index is 12.5. The minimum absolute atomic E-state index is 0.366. The van der Waals surface area contributed by atoms with Crippen molar-refractivity contribution in [3.8, 4) is 11.5 Å². The zero-order valence-electron chi connectivity index (χ0n) is 12.4. The molecule has 4 heteroatoms. The van der Waals surface area contributed by atoms with Crippen molar-refractivity contribution < 1.29 is 13.2 Å². The summed E-state index contributed by atoms with van der Waals surface area (Å²) in [5.41, 5.74) is 4.21. The first-order chi connectivity index (χ1) is 7.96. The van der Waals surface area contributed by atoms with Crippen LogP contribution in [0.4, 0.5) is 13.2 Å². The third kappa shape index (κ3) is 3.78. The summed E-state index contributed by atoms with van der Waals surface area (Å²) in [5.74, 6) is 0.967. The Bertz CT molecular complexity index is 296. The molecule has 0 N–H and O–H groups in total. The second-order valence-corrected chi connectivity index (χ2v) is 11.5. The summed E-state index contributed by atoms with van der Waals surface area (Å²) in [6.07, 6.45) is -4.21. The Morgan fingerprint density at radius 1 is 0.778 bits per heavy atom. The molecule has 0 aliphatic rings. The van der Waals surface area contributed by atoms with E-state index in [0.29, 0.717) is 16.6 Å². The van der Waals surface area contributed by atoms with Crippen molar-refractivity contribution >= 4 is 8.07 Å². The van der Waals surface area contributed by atoms with Crippen molar-refractivity contribution in [3.63, 3.8) is 0 Å². The Morgan fingerprint density at radius 2 is 1.11 bits per heavy atom. The SMILES string of the molecule is CC(C)[Si](C#C[C@@H](C)C(F)(F)F)(C(C)C)C(C)C. The van der Waals surface area contributed by atoms with Crippen LogP contribution < -0.4 is 0 Å². The molecule has 0 fully saturated rings. The van der Waals surface area contributed by atoms with Crippen molar-refractivity contribution in [2.75, 3.05) is 0 Å². The average molecular weight is 278 g/mol. The normalized spacial score (nSPS) is 14.9. The zero-order chi connectivity index (χ0) is 14.7. The summed E-state index contributed by atoms with van der Waals surface area (Å²) >= 11 is 0. The molecule has 0 bridgehead atoms. The molecule has 0 aromatic rings. The van der Waals surface area contributed by atoms with Crippen LogP contribution in [0.5, 0.6) is 0 Å². The molecule has 0 saturated heterocycles. The highest BCUT2D eigenvalue weighted by molar-refractivity contribution is 6.90. The molecule has 0 aliphatic heterocycles. The molecule has 0 spiro atoms. The molecule has 0 nitrogen and oxygen atoms in total. The second-order valence-electron chi connectivity index (χ2n) is 5.93. The van der Waals surface area contributed by atoms with Crippen LogP contribution in [-0.4, -0.2) is 14.3 Å². The maximum atomic E-state index is 12.5. The first-order valence-corrected chi connectivity index (χ1v) is 8.78. The second kappa shape index (κ2) is 6.14. The number of alkyl halides is 3. The molecule has 0 saturated carbocycles. The van der Waals surface area contributed by atoms with Crippen LogP contribution in [0.1, 0.15) is 48.5 Å². The fourth-order valence-electron chi connectivity index (χ4n) is 2.75. The van der Waals surface area contributed by atoms with Gasteiger partial charge in [-0.2, -0.15) is 13.2 Å². The molecular formula is C14H25F3Si. The molecule has 0 amide bonds. The first-order valence-electron chi connectivity index (χ1n) is 6.55. The van der Waals surface area contributed by atoms with Crippen LogP contribution in [0.2, 0.25) is 16.6 Å². The molecule has 1 atom stereocenters. The third-order valence-electron chi connectivity index (χ3n) is 3.86. The molecular weight excluding hydrogens is 253 g/mol. The Labute approximate surface area is 110 Å². The minimum Gasteiger partial charge on any atom is -0.170 e. The van der Waals surface area contributed by atoms with Gasteiger partial charge in [0, 0.05) is 0 Å². The summed E-state index contributed by atoms with van der Waals surface area (Å²) in [4.78, 5) is 0. The van der Waals surface area contributed by atoms with Crippen molar-refractivity contribution in [2.24, 2.45) is 5.92 Å². The first kappa shape index (κ1) is 17.6. The zero-order valence-corrected chi connectivity index (χ0v) is 13.4. The van der Waals surface area contributed by atoms with Gasteiger partial charge >= 0.3 is 6.18 Å². The van der Waals surface area contributed by atoms with Gasteiger partial charge in [-0.1, -0.05) is 47.5 Å². The highest BCUT2D eigenvalue weighted by atomic mass is 28.3. The Kier molecular flexibility index (Phi) is 5.99. The summed E-state index contributed by atoms with van der Waals surface area (Å²) in [6.45, 7) is 13.7. The van der Waals surface area contributed by atoms with Gasteiger partial charge in [0.05, 0.1) is 0 Å². The van der Waals surface area contributed by atoms with Crippen molar-refractivity contribution in [1.82, 2.24) is 0 Å². The van der Waals surface area contributed by atoms with E-state index in [1.54, 1.807) is 0 Å². The smallest absolute Gasteiger partial charge is 0.170 e. The number of hydrogen-bond acceptors (Lipinski definition) is 0. The fourth-order valence-corrected chi connectivity index (χ4v) is 8.08. The topological polar surface area (TPSA) is 0 Å². The van der Waals surface area contributed by atoms with E-state index < -0.39 is 20.2 Å². The van der Waals surface area contributed by atoms with E-state index in [1.807, 2.05) is 0 Å². The molecule has 0 aliphatic carbocycles. The number of hydrogen-bond donors (Lipinski definition) is 0. The van der Waals surface area contributed by atoms with E-state index >= 15 is 0 Å². The monoisotopic (exact) mass is 278 g/mol. The maximum Gasteiger partial charge on any atom is 0.402 e. The van der Waals surface area contributed by atoms with Crippen LogP contribution in [-0.2, 0) is 0 Å². The molecule has 0 aromatic heterocycles. The van der Waals surface area contributed by atoms with Gasteiger partial charge in [0.15, 0.2) is 0 Å². The number of rotatable bonds is 3. The van der Waals surface area contributed by atoms with Gasteiger partial charge in [-0.05, 0) is 23.5 Å². The standard InChI is InChI=1S/C14H25F3Si/c1-10(2)18(11(3)4,12(5)6)9-8-13(7)14(15,16)17/h10-13H,1-7H3/t13-/m1/s1. The van der Waals surface area contributed by atoms with Crippen LogP contribution in [0.15, 0.2) is 0 Å². The fraction of sp³-hybridized carbons (Fsp3) is 0.857. The van der Waals surface area contributed by atoms with Crippen LogP contribution in [0.3, 0.4) is 0 Å². The lowest BCUT2D eigenvalue weighted by molar-refractivity contribution is -0.153. The van der Waals surface area contributed by atoms with Crippen LogP contribution in [0, 0.1) is 17.4 Å². The summed E-state index contributed by atoms with van der Waals surface area (Å²) < 4.78 is 37.6. The Hall–Kier alpha value is -0.433. The van der Waals surface area contributed by atoms with E-state index in [-0.39, 0.29) is 0 Å². The van der Waals surface area contributed by atoms with Gasteiger partial charge in [0.25, 0.3) is 0 Å². The van der Waals surface area contributed by atoms with Crippen molar-refractivity contribution in [1.29, 1.82) is 0 Å². The number of halogens is 3. The largest absolute Gasteiger partial charge is 0.402 e. The molecule has 0 aromatic carbocycles. The lowest BCUT2D eigenvalue weighted by Crippen LogP contribution is -2.43.